The smallest absolute Gasteiger partial charge is 0.387 e. The third-order valence-corrected chi connectivity index (χ3v) is 3.20. The largest absolute Gasteiger partial charge is 0.433 e. The molecule has 0 atom stereocenters. The molecule has 0 radical (unpaired) electrons. The molecule has 0 fully saturated rings. The van der Waals surface area contributed by atoms with E-state index in [9.17, 15) is 13.6 Å². The third-order valence-electron chi connectivity index (χ3n) is 3.20. The van der Waals surface area contributed by atoms with E-state index in [0.717, 1.165) is 5.56 Å². The molecule has 0 heterocycles. The Balaban J connectivity index is 2.03. The van der Waals surface area contributed by atoms with E-state index in [1.165, 1.54) is 6.07 Å². The average molecular weight is 331 g/mol. The number of aryl methyl sites for hydroxylation is 1. The van der Waals surface area contributed by atoms with Gasteiger partial charge in [0.15, 0.2) is 0 Å². The van der Waals surface area contributed by atoms with Crippen molar-refractivity contribution >= 4 is 11.7 Å². The van der Waals surface area contributed by atoms with Gasteiger partial charge in [-0.25, -0.2) is 4.79 Å². The normalized spacial score (nSPS) is 10.1. The number of benzene rings is 2. The Labute approximate surface area is 137 Å². The van der Waals surface area contributed by atoms with Gasteiger partial charge in [-0.15, -0.1) is 0 Å². The molecule has 7 heteroatoms. The Kier molecular flexibility index (Phi) is 5.68. The highest BCUT2D eigenvalue weighted by Crippen LogP contribution is 2.29. The average Bonchev–Trinajstić information content (AvgIpc) is 2.56. The van der Waals surface area contributed by atoms with E-state index in [4.69, 9.17) is 5.26 Å². The van der Waals surface area contributed by atoms with Gasteiger partial charge in [0.1, 0.15) is 5.75 Å². The molecule has 0 bridgehead atoms. The topological polar surface area (TPSA) is 74.2 Å². The predicted octanol–water partition coefficient (Wildman–Crippen LogP) is 3.79. The van der Waals surface area contributed by atoms with Crippen LogP contribution in [0.25, 0.3) is 0 Å². The highest BCUT2D eigenvalue weighted by Gasteiger charge is 2.14. The molecule has 0 aliphatic carbocycles. The van der Waals surface area contributed by atoms with Gasteiger partial charge < -0.3 is 15.4 Å². The quantitative estimate of drug-likeness (QED) is 0.875. The zero-order valence-electron chi connectivity index (χ0n) is 12.8. The van der Waals surface area contributed by atoms with E-state index in [2.05, 4.69) is 15.4 Å². The van der Waals surface area contributed by atoms with Crippen LogP contribution in [0.4, 0.5) is 19.3 Å². The third kappa shape index (κ3) is 4.68. The summed E-state index contributed by atoms with van der Waals surface area (Å²) in [5.41, 5.74) is 2.01. The van der Waals surface area contributed by atoms with Crippen LogP contribution >= 0.6 is 0 Å². The van der Waals surface area contributed by atoms with Gasteiger partial charge >= 0.3 is 12.6 Å². The maximum atomic E-state index is 12.4. The molecule has 2 amide bonds. The second-order valence-electron chi connectivity index (χ2n) is 4.95. The van der Waals surface area contributed by atoms with Crippen molar-refractivity contribution in [2.75, 3.05) is 5.32 Å². The van der Waals surface area contributed by atoms with E-state index in [0.29, 0.717) is 11.1 Å². The lowest BCUT2D eigenvalue weighted by atomic mass is 10.1. The number of hydrogen-bond donors (Lipinski definition) is 2. The van der Waals surface area contributed by atoms with Crippen LogP contribution in [-0.4, -0.2) is 12.6 Å². The van der Waals surface area contributed by atoms with Crippen molar-refractivity contribution in [3.05, 3.63) is 59.2 Å². The van der Waals surface area contributed by atoms with Gasteiger partial charge in [-0.3, -0.25) is 0 Å². The van der Waals surface area contributed by atoms with Crippen molar-refractivity contribution in [2.45, 2.75) is 20.1 Å². The summed E-state index contributed by atoms with van der Waals surface area (Å²) in [5.74, 6) is -0.105. The monoisotopic (exact) mass is 331 g/mol. The number of nitriles is 1. The van der Waals surface area contributed by atoms with Crippen LogP contribution in [0.3, 0.4) is 0 Å². The van der Waals surface area contributed by atoms with Crippen molar-refractivity contribution in [3.8, 4) is 11.8 Å². The van der Waals surface area contributed by atoms with Crippen LogP contribution in [-0.2, 0) is 6.54 Å². The number of hydrogen-bond acceptors (Lipinski definition) is 3. The summed E-state index contributed by atoms with van der Waals surface area (Å²) in [6, 6.07) is 12.8. The molecule has 5 nitrogen and oxygen atoms in total. The van der Waals surface area contributed by atoms with Crippen molar-refractivity contribution in [1.82, 2.24) is 5.32 Å². The van der Waals surface area contributed by atoms with E-state index in [1.807, 2.05) is 6.07 Å². The number of ether oxygens (including phenoxy) is 1. The Morgan fingerprint density at radius 1 is 1.29 bits per heavy atom. The number of carbonyl (C=O) groups is 1. The fourth-order valence-electron chi connectivity index (χ4n) is 2.09. The summed E-state index contributed by atoms with van der Waals surface area (Å²) in [5, 5.41) is 14.0. The second kappa shape index (κ2) is 7.92. The SMILES string of the molecule is Cc1cccc(OC(F)F)c1NC(=O)NCc1cccc(C#N)c1. The Morgan fingerprint density at radius 2 is 2.04 bits per heavy atom. The Bertz CT molecular complexity index is 773. The minimum absolute atomic E-state index is 0.105. The Hall–Kier alpha value is -3.14. The zero-order valence-corrected chi connectivity index (χ0v) is 12.8. The summed E-state index contributed by atoms with van der Waals surface area (Å²) in [6.07, 6.45) is 0. The van der Waals surface area contributed by atoms with Gasteiger partial charge in [0, 0.05) is 6.54 Å². The minimum Gasteiger partial charge on any atom is -0.433 e. The van der Waals surface area contributed by atoms with Crippen LogP contribution in [0.5, 0.6) is 5.75 Å². The van der Waals surface area contributed by atoms with Gasteiger partial charge in [-0.1, -0.05) is 24.3 Å². The predicted molar refractivity (Wildman–Crippen MR) is 84.8 cm³/mol. The standard InChI is InChI=1S/C17H15F2N3O2/c1-11-4-2-7-14(24-16(18)19)15(11)22-17(23)21-10-13-6-3-5-12(8-13)9-20/h2-8,16H,10H2,1H3,(H2,21,22,23). The number of nitrogens with zero attached hydrogens (tertiary/aromatic N) is 1. The first-order valence-corrected chi connectivity index (χ1v) is 7.08. The van der Waals surface area contributed by atoms with Gasteiger partial charge in [0.25, 0.3) is 0 Å². The molecule has 0 saturated carbocycles. The molecule has 2 rings (SSSR count). The molecular weight excluding hydrogens is 316 g/mol. The molecule has 124 valence electrons. The van der Waals surface area contributed by atoms with E-state index in [-0.39, 0.29) is 18.0 Å². The molecule has 24 heavy (non-hydrogen) atoms. The van der Waals surface area contributed by atoms with Gasteiger partial charge in [-0.2, -0.15) is 14.0 Å². The molecule has 0 aliphatic rings. The van der Waals surface area contributed by atoms with E-state index < -0.39 is 12.6 Å². The first-order valence-electron chi connectivity index (χ1n) is 7.08. The van der Waals surface area contributed by atoms with Crippen molar-refractivity contribution in [1.29, 1.82) is 5.26 Å². The Morgan fingerprint density at radius 3 is 2.75 bits per heavy atom. The number of amides is 2. The maximum absolute atomic E-state index is 12.4. The van der Waals surface area contributed by atoms with Gasteiger partial charge in [-0.05, 0) is 36.2 Å². The van der Waals surface area contributed by atoms with E-state index in [1.54, 1.807) is 43.3 Å². The molecular formula is C17H15F2N3O2. The number of anilines is 1. The van der Waals surface area contributed by atoms with Gasteiger partial charge in [0.05, 0.1) is 17.3 Å². The van der Waals surface area contributed by atoms with Crippen molar-refractivity contribution in [3.63, 3.8) is 0 Å². The molecule has 0 aromatic heterocycles. The lowest BCUT2D eigenvalue weighted by Crippen LogP contribution is -2.28. The number of rotatable bonds is 5. The van der Waals surface area contributed by atoms with Gasteiger partial charge in [0.2, 0.25) is 0 Å². The first kappa shape index (κ1) is 17.2. The molecule has 0 spiro atoms. The van der Waals surface area contributed by atoms with Crippen molar-refractivity contribution < 1.29 is 18.3 Å². The van der Waals surface area contributed by atoms with Crippen molar-refractivity contribution in [2.24, 2.45) is 0 Å². The zero-order chi connectivity index (χ0) is 17.5. The maximum Gasteiger partial charge on any atom is 0.387 e. The number of para-hydroxylation sites is 1. The molecule has 2 N–H and O–H groups in total. The number of carbonyl (C=O) groups excluding carboxylic acids is 1. The highest BCUT2D eigenvalue weighted by molar-refractivity contribution is 5.91. The van der Waals surface area contributed by atoms with Crippen LogP contribution < -0.4 is 15.4 Å². The van der Waals surface area contributed by atoms with Crippen LogP contribution in [0.2, 0.25) is 0 Å². The van der Waals surface area contributed by atoms with Crippen LogP contribution in [0.15, 0.2) is 42.5 Å². The first-order chi connectivity index (χ1) is 11.5. The lowest BCUT2D eigenvalue weighted by Gasteiger charge is -2.14. The number of halogens is 2. The van der Waals surface area contributed by atoms with Crippen LogP contribution in [0, 0.1) is 18.3 Å². The summed E-state index contributed by atoms with van der Waals surface area (Å²) in [6.45, 7) is -1.12. The van der Waals surface area contributed by atoms with Crippen LogP contribution in [0.1, 0.15) is 16.7 Å². The molecule has 0 unspecified atom stereocenters. The number of alkyl halides is 2. The fourth-order valence-corrected chi connectivity index (χ4v) is 2.09. The number of nitrogens with one attached hydrogen (secondary N) is 2. The summed E-state index contributed by atoms with van der Waals surface area (Å²) in [7, 11) is 0. The molecule has 2 aromatic rings. The summed E-state index contributed by atoms with van der Waals surface area (Å²) >= 11 is 0. The molecule has 0 saturated heterocycles. The summed E-state index contributed by atoms with van der Waals surface area (Å²) < 4.78 is 29.3. The molecule has 0 aliphatic heterocycles. The minimum atomic E-state index is -2.98. The number of urea groups is 1. The highest BCUT2D eigenvalue weighted by atomic mass is 19.3. The second-order valence-corrected chi connectivity index (χ2v) is 4.95. The fraction of sp³-hybridized carbons (Fsp3) is 0.176. The lowest BCUT2D eigenvalue weighted by molar-refractivity contribution is -0.0493. The van der Waals surface area contributed by atoms with E-state index >= 15 is 0 Å². The summed E-state index contributed by atoms with van der Waals surface area (Å²) in [4.78, 5) is 12.0. The molecule has 2 aromatic carbocycles.